The van der Waals surface area contributed by atoms with Crippen molar-refractivity contribution in [2.45, 2.75) is 40.8 Å². The van der Waals surface area contributed by atoms with E-state index in [2.05, 4.69) is 105 Å². The molecule has 0 saturated heterocycles. The Morgan fingerprint density at radius 3 is 1.78 bits per heavy atom. The van der Waals surface area contributed by atoms with Gasteiger partial charge in [-0.15, -0.1) is 48.0 Å². The van der Waals surface area contributed by atoms with Gasteiger partial charge in [0.15, 0.2) is 0 Å². The van der Waals surface area contributed by atoms with Crippen LogP contribution in [0.1, 0.15) is 22.6 Å². The van der Waals surface area contributed by atoms with Gasteiger partial charge in [0.2, 0.25) is 0 Å². The zero-order chi connectivity index (χ0) is 34.4. The molecule has 2 heterocycles. The summed E-state index contributed by atoms with van der Waals surface area (Å²) in [7, 11) is -0.823. The van der Waals surface area contributed by atoms with Crippen LogP contribution in [0.3, 0.4) is 0 Å². The van der Waals surface area contributed by atoms with Crippen LogP contribution < -0.4 is 5.19 Å². The van der Waals surface area contributed by atoms with Crippen molar-refractivity contribution < 1.29 is 35.0 Å². The molecule has 0 aliphatic rings. The molecule has 1 radical (unpaired) electrons. The Balaban J connectivity index is 0.000000173. The molecule has 0 bridgehead atoms. The summed E-state index contributed by atoms with van der Waals surface area (Å²) in [6.45, 7) is 12.6. The molecule has 2 nitrogen and oxygen atoms in total. The van der Waals surface area contributed by atoms with Crippen molar-refractivity contribution in [3.8, 4) is 44.9 Å². The molecule has 0 spiro atoms. The van der Waals surface area contributed by atoms with E-state index in [4.69, 9.17) is 32.0 Å². The number of aryl methyl sites for hydroxylation is 4. The Morgan fingerprint density at radius 2 is 1.18 bits per heavy atom. The first-order valence-corrected chi connectivity index (χ1v) is 19.7. The maximum absolute atomic E-state index is 6.90. The first-order valence-electron chi connectivity index (χ1n) is 16.5. The summed E-state index contributed by atoms with van der Waals surface area (Å²) in [5.74, 6) is 3.64. The molecule has 0 aliphatic heterocycles. The number of fused-ring (bicyclic) bond motifs is 2. The number of halogens is 2. The third kappa shape index (κ3) is 6.72. The second-order valence-electron chi connectivity index (χ2n) is 12.9. The van der Waals surface area contributed by atoms with Gasteiger partial charge in [-0.2, -0.15) is 0 Å². The minimum Gasteiger partial charge on any atom is -0.468 e. The van der Waals surface area contributed by atoms with E-state index in [0.717, 1.165) is 66.1 Å². The van der Waals surface area contributed by atoms with E-state index in [1.54, 1.807) is 0 Å². The number of benzene rings is 4. The molecule has 6 heteroatoms. The van der Waals surface area contributed by atoms with Crippen LogP contribution in [0.4, 0.5) is 0 Å². The fourth-order valence-electron chi connectivity index (χ4n) is 6.79. The van der Waals surface area contributed by atoms with E-state index in [1.165, 1.54) is 38.2 Å². The zero-order valence-corrected chi connectivity index (χ0v) is 34.0. The first-order chi connectivity index (χ1) is 23.6. The second kappa shape index (κ2) is 14.9. The van der Waals surface area contributed by atoms with Gasteiger partial charge >= 0.3 is 26.2 Å². The van der Waals surface area contributed by atoms with Crippen molar-refractivity contribution >= 4 is 58.7 Å². The van der Waals surface area contributed by atoms with E-state index in [1.807, 2.05) is 51.1 Å². The van der Waals surface area contributed by atoms with Crippen LogP contribution in [0.25, 0.3) is 66.4 Å². The van der Waals surface area contributed by atoms with Gasteiger partial charge in [0.05, 0.1) is 8.80 Å². The summed E-state index contributed by atoms with van der Waals surface area (Å²) in [4.78, 5) is 0. The number of furan rings is 2. The zero-order valence-electron chi connectivity index (χ0n) is 29.0. The molecule has 0 N–H and O–H groups in total. The molecule has 6 aromatic carbocycles. The largest absolute Gasteiger partial charge is 2.00 e. The van der Waals surface area contributed by atoms with Crippen molar-refractivity contribution in [1.82, 2.24) is 0 Å². The summed E-state index contributed by atoms with van der Waals surface area (Å²) in [5, 5.41) is 7.46. The van der Waals surface area contributed by atoms with Crippen molar-refractivity contribution in [2.75, 3.05) is 0 Å². The molecule has 8 rings (SSSR count). The molecular weight excluding hydrogens is 751 g/mol. The van der Waals surface area contributed by atoms with Crippen LogP contribution in [0.15, 0.2) is 124 Å². The molecule has 0 saturated carbocycles. The predicted molar refractivity (Wildman–Crippen MR) is 211 cm³/mol. The smallest absolute Gasteiger partial charge is 0.468 e. The van der Waals surface area contributed by atoms with Crippen molar-refractivity contribution in [1.29, 1.82) is 0 Å². The summed E-state index contributed by atoms with van der Waals surface area (Å²) >= 11 is 13.6. The van der Waals surface area contributed by atoms with Crippen LogP contribution >= 0.6 is 23.2 Å². The van der Waals surface area contributed by atoms with E-state index in [9.17, 15) is 0 Å². The summed E-state index contributed by atoms with van der Waals surface area (Å²) in [6, 6.07) is 40.1. The van der Waals surface area contributed by atoms with Crippen LogP contribution in [0.5, 0.6) is 0 Å². The van der Waals surface area contributed by atoms with Crippen molar-refractivity contribution in [3.05, 3.63) is 148 Å². The molecule has 0 fully saturated rings. The van der Waals surface area contributed by atoms with Gasteiger partial charge in [0.1, 0.15) is 23.0 Å². The van der Waals surface area contributed by atoms with Gasteiger partial charge in [-0.25, -0.2) is 0 Å². The molecule has 0 amide bonds. The van der Waals surface area contributed by atoms with Gasteiger partial charge < -0.3 is 8.83 Å². The maximum atomic E-state index is 6.90. The first kappa shape index (κ1) is 36.1. The number of hydrogen-bond acceptors (Lipinski definition) is 2. The average Bonchev–Trinajstić information content (AvgIpc) is 3.88. The molecular formula is C44H37Cl2O2SiZr. The minimum absolute atomic E-state index is 0. The Morgan fingerprint density at radius 1 is 0.600 bits per heavy atom. The topological polar surface area (TPSA) is 26.3 Å². The minimum atomic E-state index is -0.823. The van der Waals surface area contributed by atoms with E-state index in [-0.39, 0.29) is 26.2 Å². The Labute approximate surface area is 325 Å². The van der Waals surface area contributed by atoms with Crippen LogP contribution in [-0.4, -0.2) is 8.80 Å². The molecule has 2 aromatic heterocycles. The summed E-state index contributed by atoms with van der Waals surface area (Å²) < 4.78 is 11.8. The van der Waals surface area contributed by atoms with Gasteiger partial charge in [-0.05, 0) is 73.7 Å². The van der Waals surface area contributed by atoms with Crippen LogP contribution in [-0.2, 0) is 26.2 Å². The molecule has 0 aliphatic carbocycles. The maximum Gasteiger partial charge on any atom is 2.00 e. The Bertz CT molecular complexity index is 2460. The SMILES string of the molecule is Cc1ccc(-c2ccccc2-[c-]2c([Si](C)C)c(Cl)c3c(Cl)c(C)ccc32)o1.Cc1ccc2c(cc[c-]2-c2ccccc2-c2ccc(C)o2)c1.[Zr+2]. The third-order valence-corrected chi connectivity index (χ3v) is 11.7. The monoisotopic (exact) mass is 785 g/mol. The second-order valence-corrected chi connectivity index (χ2v) is 16.2. The van der Waals surface area contributed by atoms with E-state index >= 15 is 0 Å². The molecule has 247 valence electrons. The quantitative estimate of drug-likeness (QED) is 0.128. The van der Waals surface area contributed by atoms with E-state index < -0.39 is 8.80 Å². The standard InChI is InChI=1S/C23H20Cl2OSi.C21H17O.Zr/c1-13-9-11-17-19(23(27(3)4)22(25)20(17)21(13)24)16-8-6-5-7-15(16)18-12-10-14(2)26-18;1-14-7-10-17-16(13-14)9-11-19(17)18-5-3-4-6-20(18)21-12-8-15(2)22-21;/h5-12H,1-4H3;3-13H,1-2H3;/q2*-1;+2. The molecule has 50 heavy (non-hydrogen) atoms. The van der Waals surface area contributed by atoms with Gasteiger partial charge in [0.25, 0.3) is 0 Å². The Hall–Kier alpha value is -3.66. The summed E-state index contributed by atoms with van der Waals surface area (Å²) in [5.41, 5.74) is 9.38. The fourth-order valence-corrected chi connectivity index (χ4v) is 9.29. The van der Waals surface area contributed by atoms with Crippen LogP contribution in [0.2, 0.25) is 23.1 Å². The average molecular weight is 788 g/mol. The normalized spacial score (nSPS) is 11.2. The molecule has 8 aromatic rings. The summed E-state index contributed by atoms with van der Waals surface area (Å²) in [6.07, 6.45) is 0. The van der Waals surface area contributed by atoms with Crippen molar-refractivity contribution in [2.24, 2.45) is 0 Å². The Kier molecular flexibility index (Phi) is 10.8. The van der Waals surface area contributed by atoms with Crippen LogP contribution in [0, 0.1) is 27.7 Å². The van der Waals surface area contributed by atoms with E-state index in [0.29, 0.717) is 0 Å². The van der Waals surface area contributed by atoms with Gasteiger partial charge in [-0.1, -0.05) is 134 Å². The molecule has 0 atom stereocenters. The predicted octanol–water partition coefficient (Wildman–Crippen LogP) is 13.5. The van der Waals surface area contributed by atoms with Gasteiger partial charge in [0, 0.05) is 5.02 Å². The number of rotatable bonds is 5. The van der Waals surface area contributed by atoms with Gasteiger partial charge in [-0.3, -0.25) is 0 Å². The van der Waals surface area contributed by atoms with Crippen molar-refractivity contribution in [3.63, 3.8) is 0 Å². The third-order valence-electron chi connectivity index (χ3n) is 9.15. The fraction of sp³-hybridized carbons (Fsp3) is 0.136. The number of hydrogen-bond donors (Lipinski definition) is 0. The molecule has 0 unspecified atom stereocenters.